The zero-order valence-electron chi connectivity index (χ0n) is 15.1. The third-order valence-electron chi connectivity index (χ3n) is 4.16. The molecule has 1 aromatic heterocycles. The van der Waals surface area contributed by atoms with Crippen molar-refractivity contribution in [2.45, 2.75) is 18.7 Å². The molecule has 1 heterocycles. The number of ether oxygens (including phenoxy) is 1. The van der Waals surface area contributed by atoms with E-state index in [4.69, 9.17) is 4.74 Å². The van der Waals surface area contributed by atoms with Crippen LogP contribution >= 0.6 is 0 Å². The molecule has 3 rings (SSSR count). The van der Waals surface area contributed by atoms with Gasteiger partial charge in [-0.25, -0.2) is 13.5 Å². The highest BCUT2D eigenvalue weighted by Gasteiger charge is 2.21. The Balaban J connectivity index is 1.97. The number of aromatic amines is 1. The maximum absolute atomic E-state index is 12.9. The third-order valence-corrected chi connectivity index (χ3v) is 5.56. The van der Waals surface area contributed by atoms with Gasteiger partial charge in [0.05, 0.1) is 12.8 Å². The predicted octanol–water partition coefficient (Wildman–Crippen LogP) is 2.86. The van der Waals surface area contributed by atoms with E-state index >= 15 is 0 Å². The molecule has 0 spiro atoms. The average Bonchev–Trinajstić information content (AvgIpc) is 2.64. The molecule has 140 valence electrons. The summed E-state index contributed by atoms with van der Waals surface area (Å²) in [5, 5.41) is 6.32. The van der Waals surface area contributed by atoms with Crippen LogP contribution in [0.2, 0.25) is 0 Å². The van der Waals surface area contributed by atoms with Crippen molar-refractivity contribution in [3.63, 3.8) is 0 Å². The molecule has 0 bridgehead atoms. The summed E-state index contributed by atoms with van der Waals surface area (Å²) < 4.78 is 33.6. The van der Waals surface area contributed by atoms with E-state index in [0.717, 1.165) is 11.1 Å². The molecule has 27 heavy (non-hydrogen) atoms. The largest absolute Gasteiger partial charge is 0.495 e. The first-order chi connectivity index (χ1) is 12.8. The molecular weight excluding hydrogens is 366 g/mol. The number of H-pyrrole nitrogens is 1. The molecule has 0 radical (unpaired) electrons. The van der Waals surface area contributed by atoms with Gasteiger partial charge < -0.3 is 4.74 Å². The molecule has 0 saturated carbocycles. The Labute approximate surface area is 157 Å². The highest BCUT2D eigenvalue weighted by molar-refractivity contribution is 7.92. The third kappa shape index (κ3) is 4.01. The topological polar surface area (TPSA) is 101 Å². The van der Waals surface area contributed by atoms with E-state index in [1.54, 1.807) is 42.5 Å². The van der Waals surface area contributed by atoms with Gasteiger partial charge in [0.15, 0.2) is 0 Å². The second-order valence-corrected chi connectivity index (χ2v) is 7.73. The van der Waals surface area contributed by atoms with Crippen LogP contribution in [-0.2, 0) is 10.0 Å². The van der Waals surface area contributed by atoms with Crippen molar-refractivity contribution in [3.8, 4) is 17.0 Å². The Morgan fingerprint density at radius 3 is 2.44 bits per heavy atom. The van der Waals surface area contributed by atoms with Crippen LogP contribution in [0, 0.1) is 13.8 Å². The summed E-state index contributed by atoms with van der Waals surface area (Å²) in [6.45, 7) is 3.73. The summed E-state index contributed by atoms with van der Waals surface area (Å²) in [7, 11) is -2.42. The van der Waals surface area contributed by atoms with Gasteiger partial charge in [-0.3, -0.25) is 9.52 Å². The monoisotopic (exact) mass is 385 g/mol. The molecule has 0 aliphatic heterocycles. The second-order valence-electron chi connectivity index (χ2n) is 6.08. The first kappa shape index (κ1) is 18.7. The first-order valence-corrected chi connectivity index (χ1v) is 9.63. The van der Waals surface area contributed by atoms with E-state index in [2.05, 4.69) is 14.9 Å². The normalized spacial score (nSPS) is 11.2. The molecule has 0 atom stereocenters. The number of anilines is 1. The lowest BCUT2D eigenvalue weighted by atomic mass is 10.1. The first-order valence-electron chi connectivity index (χ1n) is 8.14. The van der Waals surface area contributed by atoms with Gasteiger partial charge >= 0.3 is 0 Å². The number of nitrogens with zero attached hydrogens (tertiary/aromatic N) is 1. The molecule has 8 heteroatoms. The second kappa shape index (κ2) is 7.24. The zero-order valence-corrected chi connectivity index (χ0v) is 15.9. The van der Waals surface area contributed by atoms with Crippen LogP contribution in [0.4, 0.5) is 5.69 Å². The van der Waals surface area contributed by atoms with Crippen molar-refractivity contribution in [2.75, 3.05) is 11.8 Å². The lowest BCUT2D eigenvalue weighted by Gasteiger charge is -2.14. The highest BCUT2D eigenvalue weighted by atomic mass is 32.2. The molecule has 0 unspecified atom stereocenters. The molecule has 0 aliphatic rings. The van der Waals surface area contributed by atoms with Crippen LogP contribution in [-0.4, -0.2) is 25.7 Å². The van der Waals surface area contributed by atoms with Crippen LogP contribution < -0.4 is 15.0 Å². The van der Waals surface area contributed by atoms with Crippen molar-refractivity contribution in [1.82, 2.24) is 10.2 Å². The van der Waals surface area contributed by atoms with Crippen molar-refractivity contribution in [1.29, 1.82) is 0 Å². The quantitative estimate of drug-likeness (QED) is 0.703. The van der Waals surface area contributed by atoms with E-state index in [1.165, 1.54) is 13.2 Å². The van der Waals surface area contributed by atoms with Gasteiger partial charge in [-0.15, -0.1) is 0 Å². The number of sulfonamides is 1. The summed E-state index contributed by atoms with van der Waals surface area (Å²) in [6.07, 6.45) is 0. The molecule has 2 N–H and O–H groups in total. The van der Waals surface area contributed by atoms with Crippen molar-refractivity contribution in [2.24, 2.45) is 0 Å². The lowest BCUT2D eigenvalue weighted by molar-refractivity contribution is 0.402. The Kier molecular flexibility index (Phi) is 5.00. The fraction of sp³-hybridized carbons (Fsp3) is 0.158. The minimum Gasteiger partial charge on any atom is -0.495 e. The highest BCUT2D eigenvalue weighted by Crippen LogP contribution is 2.29. The van der Waals surface area contributed by atoms with Crippen LogP contribution in [0.25, 0.3) is 11.3 Å². The van der Waals surface area contributed by atoms with Crippen LogP contribution in [0.3, 0.4) is 0 Å². The van der Waals surface area contributed by atoms with Gasteiger partial charge in [-0.1, -0.05) is 12.1 Å². The van der Waals surface area contributed by atoms with Crippen molar-refractivity contribution < 1.29 is 13.2 Å². The zero-order chi connectivity index (χ0) is 19.6. The smallest absolute Gasteiger partial charge is 0.265 e. The molecule has 0 aliphatic carbocycles. The average molecular weight is 385 g/mol. The maximum Gasteiger partial charge on any atom is 0.265 e. The molecule has 0 amide bonds. The maximum atomic E-state index is 12.9. The Bertz CT molecular complexity index is 1130. The SMILES string of the molecule is COc1cc(C)c(C)cc1S(=O)(=O)Nc1cccc(-c2ccc(=O)[nH]n2)c1. The van der Waals surface area contributed by atoms with Gasteiger partial charge in [-0.05, 0) is 55.3 Å². The van der Waals surface area contributed by atoms with E-state index in [-0.39, 0.29) is 16.2 Å². The van der Waals surface area contributed by atoms with Gasteiger partial charge in [-0.2, -0.15) is 5.10 Å². The van der Waals surface area contributed by atoms with E-state index in [0.29, 0.717) is 16.9 Å². The standard InChI is InChI=1S/C19H19N3O4S/c1-12-9-17(26-3)18(10-13(12)2)27(24,25)22-15-6-4-5-14(11-15)16-7-8-19(23)21-20-16/h4-11,22H,1-3H3,(H,21,23). The van der Waals surface area contributed by atoms with Crippen LogP contribution in [0.1, 0.15) is 11.1 Å². The number of nitrogens with one attached hydrogen (secondary N) is 2. The summed E-state index contributed by atoms with van der Waals surface area (Å²) in [5.74, 6) is 0.282. The Hall–Kier alpha value is -3.13. The summed E-state index contributed by atoms with van der Waals surface area (Å²) in [4.78, 5) is 11.2. The lowest BCUT2D eigenvalue weighted by Crippen LogP contribution is -2.14. The summed E-state index contributed by atoms with van der Waals surface area (Å²) >= 11 is 0. The van der Waals surface area contributed by atoms with Gasteiger partial charge in [0, 0.05) is 17.3 Å². The minimum absolute atomic E-state index is 0.0701. The fourth-order valence-electron chi connectivity index (χ4n) is 2.59. The van der Waals surface area contributed by atoms with E-state index < -0.39 is 10.0 Å². The minimum atomic E-state index is -3.85. The molecule has 0 fully saturated rings. The van der Waals surface area contributed by atoms with Gasteiger partial charge in [0.25, 0.3) is 15.6 Å². The Morgan fingerprint density at radius 1 is 1.04 bits per heavy atom. The van der Waals surface area contributed by atoms with Crippen LogP contribution in [0.15, 0.2) is 58.2 Å². The van der Waals surface area contributed by atoms with E-state index in [1.807, 2.05) is 13.8 Å². The predicted molar refractivity (Wildman–Crippen MR) is 104 cm³/mol. The molecular formula is C19H19N3O4S. The number of aryl methyl sites for hydroxylation is 2. The number of hydrogen-bond donors (Lipinski definition) is 2. The number of hydrogen-bond acceptors (Lipinski definition) is 5. The number of methoxy groups -OCH3 is 1. The molecule has 0 saturated heterocycles. The van der Waals surface area contributed by atoms with Gasteiger partial charge in [0.1, 0.15) is 10.6 Å². The Morgan fingerprint density at radius 2 is 1.78 bits per heavy atom. The molecule has 7 nitrogen and oxygen atoms in total. The molecule has 3 aromatic rings. The number of aromatic nitrogens is 2. The van der Waals surface area contributed by atoms with Gasteiger partial charge in [0.2, 0.25) is 0 Å². The van der Waals surface area contributed by atoms with E-state index in [9.17, 15) is 13.2 Å². The number of rotatable bonds is 5. The summed E-state index contributed by atoms with van der Waals surface area (Å²) in [5.41, 5.74) is 3.05. The van der Waals surface area contributed by atoms with Crippen molar-refractivity contribution >= 4 is 15.7 Å². The number of benzene rings is 2. The fourth-order valence-corrected chi connectivity index (χ4v) is 3.88. The molecule has 2 aromatic carbocycles. The van der Waals surface area contributed by atoms with Crippen molar-refractivity contribution in [3.05, 3.63) is 70.0 Å². The summed E-state index contributed by atoms with van der Waals surface area (Å²) in [6, 6.07) is 13.0. The van der Waals surface area contributed by atoms with Crippen LogP contribution in [0.5, 0.6) is 5.75 Å².